The van der Waals surface area contributed by atoms with Crippen LogP contribution in [0.5, 0.6) is 0 Å². The molecule has 2 aromatic rings. The van der Waals surface area contributed by atoms with Crippen molar-refractivity contribution in [1.29, 1.82) is 0 Å². The van der Waals surface area contributed by atoms with Gasteiger partial charge in [-0.05, 0) is 31.2 Å². The molecule has 0 saturated heterocycles. The molecule has 94 valence electrons. The highest BCUT2D eigenvalue weighted by atomic mass is 35.5. The van der Waals surface area contributed by atoms with Gasteiger partial charge < -0.3 is 10.6 Å². The van der Waals surface area contributed by atoms with Gasteiger partial charge in [-0.15, -0.1) is 0 Å². The van der Waals surface area contributed by atoms with Crippen LogP contribution < -0.4 is 10.6 Å². The molecule has 0 aliphatic heterocycles. The Morgan fingerprint density at radius 1 is 1.33 bits per heavy atom. The predicted octanol–water partition coefficient (Wildman–Crippen LogP) is 3.44. The number of hydrogen-bond acceptors (Lipinski definition) is 4. The van der Waals surface area contributed by atoms with Gasteiger partial charge in [0.05, 0.1) is 5.69 Å². The monoisotopic (exact) mass is 266 g/mol. The summed E-state index contributed by atoms with van der Waals surface area (Å²) >= 11 is 5.81. The number of hydrogen-bond donors (Lipinski definition) is 2. The molecule has 1 aromatic carbocycles. The Morgan fingerprint density at radius 3 is 2.94 bits per heavy atom. The van der Waals surface area contributed by atoms with Gasteiger partial charge in [0.25, 0.3) is 0 Å². The highest BCUT2D eigenvalue weighted by molar-refractivity contribution is 6.30. The van der Waals surface area contributed by atoms with Crippen LogP contribution in [0.2, 0.25) is 5.02 Å². The second-order valence-corrected chi connectivity index (χ2v) is 3.98. The first-order chi connectivity index (χ1) is 8.69. The number of rotatable bonds is 4. The summed E-state index contributed by atoms with van der Waals surface area (Å²) in [6, 6.07) is 5.95. The third kappa shape index (κ3) is 3.07. The molecule has 1 heterocycles. The van der Waals surface area contributed by atoms with Crippen molar-refractivity contribution in [2.45, 2.75) is 6.92 Å². The molecule has 0 spiro atoms. The van der Waals surface area contributed by atoms with Crippen molar-refractivity contribution >= 4 is 29.1 Å². The fourth-order valence-corrected chi connectivity index (χ4v) is 1.57. The van der Waals surface area contributed by atoms with Gasteiger partial charge >= 0.3 is 0 Å². The maximum Gasteiger partial charge on any atom is 0.224 e. The second kappa shape index (κ2) is 5.64. The summed E-state index contributed by atoms with van der Waals surface area (Å²) in [6.07, 6.45) is 1.59. The van der Waals surface area contributed by atoms with Crippen molar-refractivity contribution in [2.75, 3.05) is 17.2 Å². The summed E-state index contributed by atoms with van der Waals surface area (Å²) in [7, 11) is 0. The molecular formula is C12H12ClFN4. The van der Waals surface area contributed by atoms with Crippen LogP contribution in [0.4, 0.5) is 21.8 Å². The van der Waals surface area contributed by atoms with E-state index in [1.54, 1.807) is 12.3 Å². The lowest BCUT2D eigenvalue weighted by Crippen LogP contribution is -2.04. The number of nitrogens with one attached hydrogen (secondary N) is 2. The fourth-order valence-electron chi connectivity index (χ4n) is 1.40. The third-order valence-electron chi connectivity index (χ3n) is 2.18. The summed E-state index contributed by atoms with van der Waals surface area (Å²) in [5, 5.41) is 6.30. The van der Waals surface area contributed by atoms with E-state index in [1.807, 2.05) is 6.92 Å². The van der Waals surface area contributed by atoms with E-state index in [0.717, 1.165) is 6.54 Å². The smallest absolute Gasteiger partial charge is 0.224 e. The van der Waals surface area contributed by atoms with E-state index in [9.17, 15) is 4.39 Å². The lowest BCUT2D eigenvalue weighted by Gasteiger charge is -2.08. The Labute approximate surface area is 109 Å². The Hall–Kier alpha value is -1.88. The van der Waals surface area contributed by atoms with Crippen LogP contribution in [0, 0.1) is 5.82 Å². The highest BCUT2D eigenvalue weighted by Gasteiger charge is 2.05. The van der Waals surface area contributed by atoms with Crippen molar-refractivity contribution < 1.29 is 4.39 Å². The number of aromatic nitrogens is 2. The molecule has 0 aliphatic carbocycles. The van der Waals surface area contributed by atoms with Crippen molar-refractivity contribution in [3.63, 3.8) is 0 Å². The van der Waals surface area contributed by atoms with Crippen molar-refractivity contribution in [1.82, 2.24) is 9.97 Å². The number of anilines is 3. The molecule has 2 N–H and O–H groups in total. The van der Waals surface area contributed by atoms with E-state index in [2.05, 4.69) is 20.6 Å². The average molecular weight is 267 g/mol. The minimum absolute atomic E-state index is 0.281. The minimum Gasteiger partial charge on any atom is -0.354 e. The maximum atomic E-state index is 13.5. The molecular weight excluding hydrogens is 255 g/mol. The summed E-state index contributed by atoms with van der Waals surface area (Å²) in [5.41, 5.74) is 0.281. The first-order valence-electron chi connectivity index (χ1n) is 5.48. The molecule has 0 atom stereocenters. The zero-order chi connectivity index (χ0) is 13.0. The van der Waals surface area contributed by atoms with E-state index in [-0.39, 0.29) is 11.5 Å². The Morgan fingerprint density at radius 2 is 2.17 bits per heavy atom. The Kier molecular flexibility index (Phi) is 3.94. The first kappa shape index (κ1) is 12.6. The van der Waals surface area contributed by atoms with E-state index >= 15 is 0 Å². The topological polar surface area (TPSA) is 49.8 Å². The lowest BCUT2D eigenvalue weighted by atomic mass is 10.3. The van der Waals surface area contributed by atoms with E-state index in [0.29, 0.717) is 16.8 Å². The van der Waals surface area contributed by atoms with Gasteiger partial charge in [0.1, 0.15) is 11.6 Å². The SMILES string of the molecule is CCNc1nccc(Nc2cc(Cl)ccc2F)n1. The summed E-state index contributed by atoms with van der Waals surface area (Å²) in [5.74, 6) is 0.607. The molecule has 0 radical (unpaired) electrons. The molecule has 18 heavy (non-hydrogen) atoms. The van der Waals surface area contributed by atoms with Crippen LogP contribution in [-0.4, -0.2) is 16.5 Å². The first-order valence-corrected chi connectivity index (χ1v) is 5.86. The molecule has 0 saturated carbocycles. The number of benzene rings is 1. The Balaban J connectivity index is 2.22. The van der Waals surface area contributed by atoms with Crippen LogP contribution >= 0.6 is 11.6 Å². The van der Waals surface area contributed by atoms with Gasteiger partial charge in [-0.2, -0.15) is 4.98 Å². The lowest BCUT2D eigenvalue weighted by molar-refractivity contribution is 0.632. The number of nitrogens with zero attached hydrogens (tertiary/aromatic N) is 2. The largest absolute Gasteiger partial charge is 0.354 e. The van der Waals surface area contributed by atoms with E-state index in [1.165, 1.54) is 18.2 Å². The molecule has 2 rings (SSSR count). The van der Waals surface area contributed by atoms with Gasteiger partial charge in [0.15, 0.2) is 0 Å². The third-order valence-corrected chi connectivity index (χ3v) is 2.42. The second-order valence-electron chi connectivity index (χ2n) is 3.54. The summed E-state index contributed by atoms with van der Waals surface area (Å²) in [4.78, 5) is 8.21. The van der Waals surface area contributed by atoms with Crippen LogP contribution in [-0.2, 0) is 0 Å². The maximum absolute atomic E-state index is 13.5. The predicted molar refractivity (Wildman–Crippen MR) is 70.9 cm³/mol. The van der Waals surface area contributed by atoms with Gasteiger partial charge in [-0.1, -0.05) is 11.6 Å². The van der Waals surface area contributed by atoms with Crippen molar-refractivity contribution in [3.05, 3.63) is 41.3 Å². The normalized spacial score (nSPS) is 10.2. The zero-order valence-electron chi connectivity index (χ0n) is 9.74. The number of halogens is 2. The average Bonchev–Trinajstić information content (AvgIpc) is 2.35. The van der Waals surface area contributed by atoms with Crippen LogP contribution in [0.25, 0.3) is 0 Å². The quantitative estimate of drug-likeness (QED) is 0.890. The molecule has 1 aromatic heterocycles. The van der Waals surface area contributed by atoms with Crippen molar-refractivity contribution in [2.24, 2.45) is 0 Å². The summed E-state index contributed by atoms with van der Waals surface area (Å²) < 4.78 is 13.5. The van der Waals surface area contributed by atoms with Gasteiger partial charge in [-0.25, -0.2) is 9.37 Å². The molecule has 0 aliphatic rings. The molecule has 0 unspecified atom stereocenters. The zero-order valence-corrected chi connectivity index (χ0v) is 10.5. The van der Waals surface area contributed by atoms with E-state index in [4.69, 9.17) is 11.6 Å². The van der Waals surface area contributed by atoms with Crippen LogP contribution in [0.15, 0.2) is 30.5 Å². The standard InChI is InChI=1S/C12H12ClFN4/c1-2-15-12-16-6-5-11(18-12)17-10-7-8(13)3-4-9(10)14/h3-7H,2H2,1H3,(H2,15,16,17,18). The minimum atomic E-state index is -0.386. The van der Waals surface area contributed by atoms with Crippen LogP contribution in [0.3, 0.4) is 0 Å². The molecule has 0 fully saturated rings. The molecule has 0 amide bonds. The van der Waals surface area contributed by atoms with Crippen molar-refractivity contribution in [3.8, 4) is 0 Å². The van der Waals surface area contributed by atoms with Gasteiger partial charge in [0.2, 0.25) is 5.95 Å². The molecule has 0 bridgehead atoms. The summed E-state index contributed by atoms with van der Waals surface area (Å²) in [6.45, 7) is 2.66. The highest BCUT2D eigenvalue weighted by Crippen LogP contribution is 2.22. The molecule has 6 heteroatoms. The fraction of sp³-hybridized carbons (Fsp3) is 0.167. The Bertz CT molecular complexity index is 547. The van der Waals surface area contributed by atoms with Gasteiger partial charge in [0, 0.05) is 17.8 Å². The van der Waals surface area contributed by atoms with Gasteiger partial charge in [-0.3, -0.25) is 0 Å². The van der Waals surface area contributed by atoms with Crippen LogP contribution in [0.1, 0.15) is 6.92 Å². The van der Waals surface area contributed by atoms with E-state index < -0.39 is 0 Å². The molecule has 4 nitrogen and oxygen atoms in total.